The van der Waals surface area contributed by atoms with Crippen LogP contribution in [0.2, 0.25) is 0 Å². The molecule has 6 nitrogen and oxygen atoms in total. The molecule has 1 fully saturated rings. The summed E-state index contributed by atoms with van der Waals surface area (Å²) in [5.41, 5.74) is 2.07. The quantitative estimate of drug-likeness (QED) is 0.760. The van der Waals surface area contributed by atoms with Crippen LogP contribution in [0.1, 0.15) is 24.0 Å². The van der Waals surface area contributed by atoms with Gasteiger partial charge in [-0.2, -0.15) is 0 Å². The summed E-state index contributed by atoms with van der Waals surface area (Å²) in [6.45, 7) is 5.46. The molecule has 2 aromatic rings. The number of amides is 2. The first-order chi connectivity index (χ1) is 14.7. The number of nitrogens with one attached hydrogen (secondary N) is 2. The molecule has 160 valence electrons. The molecule has 1 aliphatic heterocycles. The molecule has 30 heavy (non-hydrogen) atoms. The lowest BCUT2D eigenvalue weighted by Crippen LogP contribution is -2.46. The van der Waals surface area contributed by atoms with E-state index in [1.165, 1.54) is 0 Å². The highest BCUT2D eigenvalue weighted by Gasteiger charge is 2.27. The summed E-state index contributed by atoms with van der Waals surface area (Å²) in [7, 11) is 0. The third-order valence-electron chi connectivity index (χ3n) is 5.23. The molecular formula is C24H32N4O2. The fourth-order valence-electron chi connectivity index (χ4n) is 3.60. The van der Waals surface area contributed by atoms with Crippen molar-refractivity contribution in [1.29, 1.82) is 0 Å². The van der Waals surface area contributed by atoms with Gasteiger partial charge in [-0.15, -0.1) is 0 Å². The number of hydrogen-bond acceptors (Lipinski definition) is 4. The summed E-state index contributed by atoms with van der Waals surface area (Å²) >= 11 is 0. The van der Waals surface area contributed by atoms with Crippen LogP contribution in [0.15, 0.2) is 60.7 Å². The van der Waals surface area contributed by atoms with Gasteiger partial charge in [-0.25, -0.2) is 0 Å². The fourth-order valence-corrected chi connectivity index (χ4v) is 3.60. The SMILES string of the molecule is O=C1C(=O)N(Cc2ccccc2)CCCNCCNCCCN1Cc1ccccc1. The Balaban J connectivity index is 1.76. The Hall–Kier alpha value is -2.70. The second-order valence-electron chi connectivity index (χ2n) is 7.63. The Labute approximate surface area is 179 Å². The van der Waals surface area contributed by atoms with Crippen LogP contribution in [-0.4, -0.2) is 60.9 Å². The summed E-state index contributed by atoms with van der Waals surface area (Å²) in [6.07, 6.45) is 1.62. The molecule has 6 heteroatoms. The molecule has 1 saturated heterocycles. The van der Waals surface area contributed by atoms with E-state index in [1.807, 2.05) is 60.7 Å². The van der Waals surface area contributed by atoms with Crippen LogP contribution in [-0.2, 0) is 22.7 Å². The number of benzene rings is 2. The van der Waals surface area contributed by atoms with Crippen molar-refractivity contribution >= 4 is 11.8 Å². The number of carbonyl (C=O) groups excluding carboxylic acids is 2. The van der Waals surface area contributed by atoms with Gasteiger partial charge in [0.15, 0.2) is 0 Å². The van der Waals surface area contributed by atoms with E-state index < -0.39 is 11.8 Å². The van der Waals surface area contributed by atoms with Crippen molar-refractivity contribution in [3.8, 4) is 0 Å². The third kappa shape index (κ3) is 6.97. The first-order valence-electron chi connectivity index (χ1n) is 10.8. The highest BCUT2D eigenvalue weighted by atomic mass is 16.2. The van der Waals surface area contributed by atoms with E-state index in [1.54, 1.807) is 9.80 Å². The zero-order valence-corrected chi connectivity index (χ0v) is 17.6. The van der Waals surface area contributed by atoms with Crippen molar-refractivity contribution in [2.75, 3.05) is 39.3 Å². The molecule has 1 aliphatic rings. The normalized spacial score (nSPS) is 17.6. The standard InChI is InChI=1S/C24H32N4O2/c29-23-24(30)28(20-22-11-5-2-6-12-22)18-8-14-26-16-15-25-13-7-17-27(23)19-21-9-3-1-4-10-21/h1-6,9-12,25-26H,7-8,13-20H2. The van der Waals surface area contributed by atoms with E-state index in [9.17, 15) is 9.59 Å². The zero-order chi connectivity index (χ0) is 21.0. The van der Waals surface area contributed by atoms with Crippen LogP contribution in [0, 0.1) is 0 Å². The van der Waals surface area contributed by atoms with Crippen LogP contribution in [0.3, 0.4) is 0 Å². The van der Waals surface area contributed by atoms with Gasteiger partial charge in [0.25, 0.3) is 0 Å². The van der Waals surface area contributed by atoms with Crippen LogP contribution in [0.4, 0.5) is 0 Å². The lowest BCUT2D eigenvalue weighted by atomic mass is 10.2. The molecule has 0 bridgehead atoms. The second-order valence-corrected chi connectivity index (χ2v) is 7.63. The molecule has 0 aliphatic carbocycles. The van der Waals surface area contributed by atoms with E-state index in [2.05, 4.69) is 10.6 Å². The Morgan fingerprint density at radius 2 is 1.00 bits per heavy atom. The Morgan fingerprint density at radius 1 is 0.600 bits per heavy atom. The van der Waals surface area contributed by atoms with Gasteiger partial charge in [0.1, 0.15) is 0 Å². The summed E-state index contributed by atoms with van der Waals surface area (Å²) in [5, 5.41) is 6.79. The highest BCUT2D eigenvalue weighted by Crippen LogP contribution is 2.11. The monoisotopic (exact) mass is 408 g/mol. The number of hydrogen-bond donors (Lipinski definition) is 2. The van der Waals surface area contributed by atoms with E-state index in [-0.39, 0.29) is 0 Å². The smallest absolute Gasteiger partial charge is 0.312 e. The van der Waals surface area contributed by atoms with Crippen molar-refractivity contribution in [2.24, 2.45) is 0 Å². The van der Waals surface area contributed by atoms with Crippen molar-refractivity contribution in [1.82, 2.24) is 20.4 Å². The average Bonchev–Trinajstić information content (AvgIpc) is 2.78. The van der Waals surface area contributed by atoms with E-state index in [0.717, 1.165) is 50.1 Å². The minimum Gasteiger partial charge on any atom is -0.330 e. The lowest BCUT2D eigenvalue weighted by Gasteiger charge is -2.28. The molecule has 2 N–H and O–H groups in total. The van der Waals surface area contributed by atoms with Gasteiger partial charge in [-0.1, -0.05) is 60.7 Å². The number of carbonyl (C=O) groups is 2. The third-order valence-corrected chi connectivity index (χ3v) is 5.23. The molecule has 0 atom stereocenters. The highest BCUT2D eigenvalue weighted by molar-refractivity contribution is 6.34. The maximum absolute atomic E-state index is 13.2. The number of rotatable bonds is 4. The molecule has 0 aromatic heterocycles. The van der Waals surface area contributed by atoms with Crippen LogP contribution >= 0.6 is 0 Å². The zero-order valence-electron chi connectivity index (χ0n) is 17.6. The molecule has 0 spiro atoms. The first kappa shape index (κ1) is 22.0. The van der Waals surface area contributed by atoms with Gasteiger partial charge < -0.3 is 20.4 Å². The predicted molar refractivity (Wildman–Crippen MR) is 119 cm³/mol. The lowest BCUT2D eigenvalue weighted by molar-refractivity contribution is -0.152. The molecule has 2 aromatic carbocycles. The predicted octanol–water partition coefficient (Wildman–Crippen LogP) is 2.02. The van der Waals surface area contributed by atoms with Gasteiger partial charge in [-0.05, 0) is 37.1 Å². The molecular weight excluding hydrogens is 376 g/mol. The van der Waals surface area contributed by atoms with Crippen LogP contribution < -0.4 is 10.6 Å². The molecule has 3 rings (SSSR count). The van der Waals surface area contributed by atoms with Gasteiger partial charge in [0, 0.05) is 39.3 Å². The average molecular weight is 409 g/mol. The second kappa shape index (κ2) is 12.1. The molecule has 1 heterocycles. The minimum atomic E-state index is -0.417. The van der Waals surface area contributed by atoms with Gasteiger partial charge in [0.2, 0.25) is 0 Å². The number of nitrogens with zero attached hydrogens (tertiary/aromatic N) is 2. The molecule has 2 amide bonds. The molecule has 0 saturated carbocycles. The van der Waals surface area contributed by atoms with Crippen molar-refractivity contribution in [2.45, 2.75) is 25.9 Å². The molecule has 0 radical (unpaired) electrons. The summed E-state index contributed by atoms with van der Waals surface area (Å²) < 4.78 is 0. The van der Waals surface area contributed by atoms with Gasteiger partial charge in [0.05, 0.1) is 0 Å². The van der Waals surface area contributed by atoms with Gasteiger partial charge in [-0.3, -0.25) is 9.59 Å². The first-order valence-corrected chi connectivity index (χ1v) is 10.8. The Morgan fingerprint density at radius 3 is 1.40 bits per heavy atom. The van der Waals surface area contributed by atoms with Crippen molar-refractivity contribution in [3.63, 3.8) is 0 Å². The maximum Gasteiger partial charge on any atom is 0.312 e. The Bertz CT molecular complexity index is 715. The topological polar surface area (TPSA) is 64.7 Å². The van der Waals surface area contributed by atoms with Crippen molar-refractivity contribution < 1.29 is 9.59 Å². The largest absolute Gasteiger partial charge is 0.330 e. The van der Waals surface area contributed by atoms with Crippen molar-refractivity contribution in [3.05, 3.63) is 71.8 Å². The summed E-state index contributed by atoms with van der Waals surface area (Å²) in [4.78, 5) is 29.8. The minimum absolute atomic E-state index is 0.417. The summed E-state index contributed by atoms with van der Waals surface area (Å²) in [6, 6.07) is 19.7. The van der Waals surface area contributed by atoms with E-state index in [0.29, 0.717) is 26.2 Å². The Kier molecular flexibility index (Phi) is 8.87. The van der Waals surface area contributed by atoms with Crippen LogP contribution in [0.5, 0.6) is 0 Å². The van der Waals surface area contributed by atoms with E-state index >= 15 is 0 Å². The molecule has 0 unspecified atom stereocenters. The van der Waals surface area contributed by atoms with Crippen LogP contribution in [0.25, 0.3) is 0 Å². The fraction of sp³-hybridized carbons (Fsp3) is 0.417. The maximum atomic E-state index is 13.2. The van der Waals surface area contributed by atoms with Gasteiger partial charge >= 0.3 is 11.8 Å². The summed E-state index contributed by atoms with van der Waals surface area (Å²) in [5.74, 6) is -0.834. The van der Waals surface area contributed by atoms with E-state index in [4.69, 9.17) is 0 Å².